The van der Waals surface area contributed by atoms with E-state index in [4.69, 9.17) is 16.7 Å². The lowest BCUT2D eigenvalue weighted by molar-refractivity contribution is 0.464. The molecule has 0 fully saturated rings. The van der Waals surface area contributed by atoms with Gasteiger partial charge in [0.05, 0.1) is 5.69 Å². The Kier molecular flexibility index (Phi) is 3.99. The van der Waals surface area contributed by atoms with Gasteiger partial charge in [-0.1, -0.05) is 0 Å². The number of aryl methyl sites for hydroxylation is 2. The lowest BCUT2D eigenvalue weighted by Gasteiger charge is -2.27. The summed E-state index contributed by atoms with van der Waals surface area (Å²) >= 11 is 0. The van der Waals surface area contributed by atoms with Crippen molar-refractivity contribution < 1.29 is 5.11 Å². The number of guanidine groups is 1. The lowest BCUT2D eigenvalue weighted by Crippen LogP contribution is -2.32. The van der Waals surface area contributed by atoms with Gasteiger partial charge in [0, 0.05) is 11.1 Å². The van der Waals surface area contributed by atoms with Gasteiger partial charge in [-0.3, -0.25) is 5.32 Å². The Morgan fingerprint density at radius 3 is 2.58 bits per heavy atom. The summed E-state index contributed by atoms with van der Waals surface area (Å²) in [4.78, 5) is 8.60. The second kappa shape index (κ2) is 6.15. The van der Waals surface area contributed by atoms with Crippen LogP contribution in [0.3, 0.4) is 0 Å². The van der Waals surface area contributed by atoms with E-state index in [-0.39, 0.29) is 34.6 Å². The minimum Gasteiger partial charge on any atom is -0.508 e. The van der Waals surface area contributed by atoms with Crippen LogP contribution < -0.4 is 22.1 Å². The molecule has 9 heteroatoms. The normalized spacial score (nSPS) is 15.1. The van der Waals surface area contributed by atoms with Crippen LogP contribution in [0.5, 0.6) is 5.75 Å². The smallest absolute Gasteiger partial charge is 0.211 e. The average molecular weight is 348 g/mol. The van der Waals surface area contributed by atoms with Crippen molar-refractivity contribution in [3.8, 4) is 18.0 Å². The van der Waals surface area contributed by atoms with Gasteiger partial charge in [0.2, 0.25) is 5.96 Å². The van der Waals surface area contributed by atoms with Crippen LogP contribution in [0.25, 0.3) is 0 Å². The van der Waals surface area contributed by atoms with Gasteiger partial charge in [0.25, 0.3) is 0 Å². The fourth-order valence-corrected chi connectivity index (χ4v) is 2.85. The number of nitrogens with zero attached hydrogens (tertiary/aromatic N) is 4. The molecule has 2 heterocycles. The van der Waals surface area contributed by atoms with Gasteiger partial charge in [-0.15, -0.1) is 0 Å². The second-order valence-corrected chi connectivity index (χ2v) is 5.90. The Morgan fingerprint density at radius 2 is 1.92 bits per heavy atom. The minimum atomic E-state index is -0.762. The SMILES string of the molecule is Cc1cc(O)c(C2N=C(NC#N)Nc3nc(N)c(C#N)c(N)c32)cc1C. The number of nitrogen functional groups attached to an aromatic ring is 2. The van der Waals surface area contributed by atoms with Crippen molar-refractivity contribution in [3.63, 3.8) is 0 Å². The molecule has 1 atom stereocenters. The van der Waals surface area contributed by atoms with Crippen molar-refractivity contribution in [2.75, 3.05) is 16.8 Å². The number of hydrogen-bond acceptors (Lipinski definition) is 9. The molecule has 0 saturated heterocycles. The molecule has 1 aromatic heterocycles. The zero-order chi connectivity index (χ0) is 19.0. The topological polar surface area (TPSA) is 169 Å². The van der Waals surface area contributed by atoms with E-state index < -0.39 is 6.04 Å². The number of phenols is 1. The summed E-state index contributed by atoms with van der Waals surface area (Å²) in [6, 6.07) is 4.60. The predicted octanol–water partition coefficient (Wildman–Crippen LogP) is 1.38. The molecular weight excluding hydrogens is 332 g/mol. The summed E-state index contributed by atoms with van der Waals surface area (Å²) in [6.07, 6.45) is 1.78. The molecule has 0 spiro atoms. The second-order valence-electron chi connectivity index (χ2n) is 5.90. The molecule has 2 aromatic rings. The predicted molar refractivity (Wildman–Crippen MR) is 97.0 cm³/mol. The van der Waals surface area contributed by atoms with Crippen molar-refractivity contribution in [1.29, 1.82) is 10.5 Å². The number of hydrogen-bond donors (Lipinski definition) is 5. The van der Waals surface area contributed by atoms with Gasteiger partial charge in [0.15, 0.2) is 6.19 Å². The number of aromatic nitrogens is 1. The van der Waals surface area contributed by atoms with Crippen LogP contribution in [-0.2, 0) is 0 Å². The third-order valence-corrected chi connectivity index (χ3v) is 4.30. The van der Waals surface area contributed by atoms with Crippen molar-refractivity contribution in [2.24, 2.45) is 4.99 Å². The molecule has 1 unspecified atom stereocenters. The average Bonchev–Trinajstić information content (AvgIpc) is 2.58. The molecule has 1 aliphatic heterocycles. The minimum absolute atomic E-state index is 0.0285. The fourth-order valence-electron chi connectivity index (χ4n) is 2.85. The van der Waals surface area contributed by atoms with Crippen molar-refractivity contribution in [3.05, 3.63) is 39.9 Å². The van der Waals surface area contributed by atoms with E-state index in [0.29, 0.717) is 11.1 Å². The summed E-state index contributed by atoms with van der Waals surface area (Å²) in [7, 11) is 0. The number of benzene rings is 1. The Bertz CT molecular complexity index is 1030. The van der Waals surface area contributed by atoms with Crippen LogP contribution in [0, 0.1) is 36.6 Å². The van der Waals surface area contributed by atoms with Crippen LogP contribution in [0.1, 0.15) is 33.9 Å². The maximum Gasteiger partial charge on any atom is 0.211 e. The number of aliphatic imine (C=N–C) groups is 1. The summed E-state index contributed by atoms with van der Waals surface area (Å²) in [6.45, 7) is 3.79. The fraction of sp³-hybridized carbons (Fsp3) is 0.176. The number of nitrogens with two attached hydrogens (primary N) is 2. The molecule has 9 nitrogen and oxygen atoms in total. The molecule has 3 rings (SSSR count). The van der Waals surface area contributed by atoms with E-state index in [9.17, 15) is 10.4 Å². The number of fused-ring (bicyclic) bond motifs is 1. The van der Waals surface area contributed by atoms with Crippen LogP contribution in [0.15, 0.2) is 17.1 Å². The van der Waals surface area contributed by atoms with Gasteiger partial charge in [-0.05, 0) is 37.1 Å². The van der Waals surface area contributed by atoms with Crippen molar-refractivity contribution in [2.45, 2.75) is 19.9 Å². The number of nitriles is 2. The van der Waals surface area contributed by atoms with Gasteiger partial charge >= 0.3 is 0 Å². The zero-order valence-electron chi connectivity index (χ0n) is 14.1. The Hall–Kier alpha value is -3.98. The highest BCUT2D eigenvalue weighted by Crippen LogP contribution is 2.43. The van der Waals surface area contributed by atoms with Crippen molar-refractivity contribution >= 4 is 23.3 Å². The first-order valence-electron chi connectivity index (χ1n) is 7.66. The molecule has 0 aliphatic carbocycles. The first-order valence-corrected chi connectivity index (χ1v) is 7.66. The van der Waals surface area contributed by atoms with E-state index in [0.717, 1.165) is 11.1 Å². The molecule has 0 amide bonds. The van der Waals surface area contributed by atoms with E-state index in [1.165, 1.54) is 0 Å². The molecule has 1 aliphatic rings. The maximum atomic E-state index is 10.5. The number of anilines is 3. The highest BCUT2D eigenvalue weighted by atomic mass is 16.3. The number of aromatic hydroxyl groups is 1. The maximum absolute atomic E-state index is 10.5. The Balaban J connectivity index is 2.30. The molecule has 7 N–H and O–H groups in total. The molecular formula is C17H16N8O. The third-order valence-electron chi connectivity index (χ3n) is 4.30. The quantitative estimate of drug-likeness (QED) is 0.380. The summed E-state index contributed by atoms with van der Waals surface area (Å²) in [5.41, 5.74) is 14.9. The largest absolute Gasteiger partial charge is 0.508 e. The van der Waals surface area contributed by atoms with E-state index >= 15 is 0 Å². The highest BCUT2D eigenvalue weighted by molar-refractivity contribution is 5.98. The van der Waals surface area contributed by atoms with Gasteiger partial charge < -0.3 is 21.9 Å². The Labute approximate surface area is 149 Å². The summed E-state index contributed by atoms with van der Waals surface area (Å²) in [5.74, 6) is 0.409. The molecule has 0 saturated carbocycles. The molecule has 0 bridgehead atoms. The standard InChI is InChI=1S/C17H16N8O/c1-7-3-9(11(26)4-8(7)2)14-12-13(20)10(5-18)15(21)24-16(12)25-17(23-14)22-6-19/h3-4,14,26H,1-2H3,(H6,20,21,22,23,24,25). The summed E-state index contributed by atoms with van der Waals surface area (Å²) < 4.78 is 0. The zero-order valence-corrected chi connectivity index (χ0v) is 14.1. The van der Waals surface area contributed by atoms with E-state index in [1.807, 2.05) is 19.9 Å². The Morgan fingerprint density at radius 1 is 1.23 bits per heavy atom. The van der Waals surface area contributed by atoms with Crippen LogP contribution in [0.2, 0.25) is 0 Å². The van der Waals surface area contributed by atoms with Crippen LogP contribution in [-0.4, -0.2) is 16.1 Å². The first-order chi connectivity index (χ1) is 12.4. The summed E-state index contributed by atoms with van der Waals surface area (Å²) in [5, 5.41) is 33.9. The molecule has 1 aromatic carbocycles. The number of pyridine rings is 1. The third kappa shape index (κ3) is 2.58. The van der Waals surface area contributed by atoms with Gasteiger partial charge in [-0.2, -0.15) is 10.5 Å². The van der Waals surface area contributed by atoms with Gasteiger partial charge in [-0.25, -0.2) is 9.98 Å². The van der Waals surface area contributed by atoms with Gasteiger partial charge in [0.1, 0.15) is 35.1 Å². The van der Waals surface area contributed by atoms with Crippen molar-refractivity contribution in [1.82, 2.24) is 10.3 Å². The van der Waals surface area contributed by atoms with E-state index in [2.05, 4.69) is 20.6 Å². The first kappa shape index (κ1) is 16.9. The van der Waals surface area contributed by atoms with E-state index in [1.54, 1.807) is 18.3 Å². The monoisotopic (exact) mass is 348 g/mol. The molecule has 0 radical (unpaired) electrons. The number of rotatable bonds is 1. The van der Waals surface area contributed by atoms with Crippen LogP contribution >= 0.6 is 0 Å². The molecule has 130 valence electrons. The highest BCUT2D eigenvalue weighted by Gasteiger charge is 2.31. The molecule has 26 heavy (non-hydrogen) atoms. The number of nitrogens with one attached hydrogen (secondary N) is 2. The number of phenolic OH excluding ortho intramolecular Hbond substituents is 1. The van der Waals surface area contributed by atoms with Crippen LogP contribution in [0.4, 0.5) is 17.3 Å². The lowest BCUT2D eigenvalue weighted by atomic mass is 9.92.